The van der Waals surface area contributed by atoms with E-state index in [0.717, 1.165) is 17.7 Å². The summed E-state index contributed by atoms with van der Waals surface area (Å²) in [4.78, 5) is 24.2. The number of likely N-dealkylation sites (tertiary alicyclic amines) is 1. The van der Waals surface area contributed by atoms with Gasteiger partial charge in [-0.05, 0) is 12.8 Å². The van der Waals surface area contributed by atoms with Crippen molar-refractivity contribution in [1.82, 2.24) is 10.2 Å². The largest absolute Gasteiger partial charge is 0.319 e. The first-order valence-electron chi connectivity index (χ1n) is 5.58. The molecule has 0 aromatic carbocycles. The number of carbonyl (C=O) groups excluding carboxylic acids is 2. The SMILES string of the molecule is O=C1CC(NCC(F)(F)C(F)F)C(=O)N1C1CC1. The average Bonchev–Trinajstić information content (AvgIpc) is 3.04. The summed E-state index contributed by atoms with van der Waals surface area (Å²) in [5.41, 5.74) is 0. The van der Waals surface area contributed by atoms with Crippen LogP contribution in [-0.4, -0.2) is 47.7 Å². The predicted octanol–water partition coefficient (Wildman–Crippen LogP) is 0.766. The van der Waals surface area contributed by atoms with E-state index in [0.29, 0.717) is 0 Å². The highest BCUT2D eigenvalue weighted by Gasteiger charge is 2.48. The normalized spacial score (nSPS) is 25.4. The first kappa shape index (κ1) is 13.3. The molecule has 2 amide bonds. The smallest absolute Gasteiger partial charge is 0.299 e. The number of nitrogens with zero attached hydrogens (tertiary/aromatic N) is 1. The maximum Gasteiger partial charge on any atom is 0.319 e. The van der Waals surface area contributed by atoms with Gasteiger partial charge < -0.3 is 0 Å². The molecule has 1 saturated carbocycles. The van der Waals surface area contributed by atoms with Gasteiger partial charge in [0.2, 0.25) is 11.8 Å². The van der Waals surface area contributed by atoms with Crippen molar-refractivity contribution >= 4 is 11.8 Å². The van der Waals surface area contributed by atoms with Crippen LogP contribution >= 0.6 is 0 Å². The number of hydrogen-bond donors (Lipinski definition) is 1. The van der Waals surface area contributed by atoms with Crippen LogP contribution < -0.4 is 5.32 Å². The Balaban J connectivity index is 1.91. The zero-order valence-corrected chi connectivity index (χ0v) is 9.34. The topological polar surface area (TPSA) is 49.4 Å². The molecule has 102 valence electrons. The lowest BCUT2D eigenvalue weighted by atomic mass is 10.2. The number of rotatable bonds is 5. The van der Waals surface area contributed by atoms with Crippen LogP contribution in [-0.2, 0) is 9.59 Å². The molecular formula is C10H12F4N2O2. The maximum absolute atomic E-state index is 12.7. The van der Waals surface area contributed by atoms with Gasteiger partial charge in [0.15, 0.2) is 0 Å². The predicted molar refractivity (Wildman–Crippen MR) is 52.2 cm³/mol. The van der Waals surface area contributed by atoms with Gasteiger partial charge >= 0.3 is 12.3 Å². The van der Waals surface area contributed by atoms with Gasteiger partial charge in [-0.15, -0.1) is 0 Å². The van der Waals surface area contributed by atoms with Crippen LogP contribution in [0.5, 0.6) is 0 Å². The van der Waals surface area contributed by atoms with Gasteiger partial charge in [0.25, 0.3) is 0 Å². The van der Waals surface area contributed by atoms with Gasteiger partial charge in [0.05, 0.1) is 19.0 Å². The van der Waals surface area contributed by atoms with Crippen LogP contribution in [0.3, 0.4) is 0 Å². The lowest BCUT2D eigenvalue weighted by Crippen LogP contribution is -2.46. The molecule has 0 aromatic heterocycles. The second kappa shape index (κ2) is 4.49. The van der Waals surface area contributed by atoms with Gasteiger partial charge in [-0.3, -0.25) is 19.8 Å². The minimum atomic E-state index is -4.20. The van der Waals surface area contributed by atoms with Crippen molar-refractivity contribution in [2.75, 3.05) is 6.54 Å². The molecule has 2 rings (SSSR count). The fourth-order valence-electron chi connectivity index (χ4n) is 1.86. The van der Waals surface area contributed by atoms with E-state index in [1.165, 1.54) is 0 Å². The van der Waals surface area contributed by atoms with Gasteiger partial charge in [-0.2, -0.15) is 8.78 Å². The molecule has 1 N–H and O–H groups in total. The van der Waals surface area contributed by atoms with Crippen LogP contribution in [0, 0.1) is 0 Å². The molecule has 4 nitrogen and oxygen atoms in total. The van der Waals surface area contributed by atoms with E-state index in [2.05, 4.69) is 5.32 Å². The average molecular weight is 268 g/mol. The maximum atomic E-state index is 12.7. The molecule has 1 saturated heterocycles. The van der Waals surface area contributed by atoms with E-state index >= 15 is 0 Å². The summed E-state index contributed by atoms with van der Waals surface area (Å²) in [7, 11) is 0. The number of nitrogens with one attached hydrogen (secondary N) is 1. The van der Waals surface area contributed by atoms with Crippen molar-refractivity contribution in [3.05, 3.63) is 0 Å². The minimum absolute atomic E-state index is 0.132. The van der Waals surface area contributed by atoms with E-state index in [-0.39, 0.29) is 12.5 Å². The Labute approximate surface area is 100 Å². The first-order valence-corrected chi connectivity index (χ1v) is 5.58. The van der Waals surface area contributed by atoms with Crippen molar-refractivity contribution in [2.24, 2.45) is 0 Å². The number of carbonyl (C=O) groups is 2. The number of halogens is 4. The minimum Gasteiger partial charge on any atom is -0.299 e. The third-order valence-electron chi connectivity index (χ3n) is 3.00. The molecule has 1 atom stereocenters. The van der Waals surface area contributed by atoms with E-state index in [1.54, 1.807) is 0 Å². The van der Waals surface area contributed by atoms with Crippen molar-refractivity contribution in [1.29, 1.82) is 0 Å². The molecule has 1 aliphatic carbocycles. The third-order valence-corrected chi connectivity index (χ3v) is 3.00. The fourth-order valence-corrected chi connectivity index (χ4v) is 1.86. The van der Waals surface area contributed by atoms with Crippen LogP contribution in [0.4, 0.5) is 17.6 Å². The summed E-state index contributed by atoms with van der Waals surface area (Å²) >= 11 is 0. The zero-order valence-electron chi connectivity index (χ0n) is 9.34. The highest BCUT2D eigenvalue weighted by atomic mass is 19.3. The molecule has 1 aliphatic heterocycles. The standard InChI is InChI=1S/C10H12F4N2O2/c11-9(12)10(13,14)4-15-6-3-7(17)16(8(6)18)5-1-2-5/h5-6,9,15H,1-4H2. The number of amides is 2. The summed E-state index contributed by atoms with van der Waals surface area (Å²) in [5, 5.41) is 2.05. The molecule has 2 fully saturated rings. The van der Waals surface area contributed by atoms with Crippen LogP contribution in [0.1, 0.15) is 19.3 Å². The molecule has 0 bridgehead atoms. The Morgan fingerprint density at radius 1 is 1.33 bits per heavy atom. The van der Waals surface area contributed by atoms with Crippen molar-refractivity contribution in [3.8, 4) is 0 Å². The Hall–Kier alpha value is -1.18. The zero-order chi connectivity index (χ0) is 13.5. The van der Waals surface area contributed by atoms with Gasteiger partial charge in [0.1, 0.15) is 0 Å². The van der Waals surface area contributed by atoms with Crippen molar-refractivity contribution in [2.45, 2.75) is 43.7 Å². The number of hydrogen-bond acceptors (Lipinski definition) is 3. The quantitative estimate of drug-likeness (QED) is 0.592. The first-order chi connectivity index (χ1) is 8.33. The van der Waals surface area contributed by atoms with Gasteiger partial charge in [-0.1, -0.05) is 0 Å². The summed E-state index contributed by atoms with van der Waals surface area (Å²) in [6.07, 6.45) is -2.60. The van der Waals surface area contributed by atoms with Crippen LogP contribution in [0.2, 0.25) is 0 Å². The highest BCUT2D eigenvalue weighted by Crippen LogP contribution is 2.31. The molecule has 18 heavy (non-hydrogen) atoms. The lowest BCUT2D eigenvalue weighted by Gasteiger charge is -2.18. The summed E-state index contributed by atoms with van der Waals surface area (Å²) in [6.45, 7) is -1.31. The molecule has 0 radical (unpaired) electrons. The number of alkyl halides is 4. The lowest BCUT2D eigenvalue weighted by molar-refractivity contribution is -0.140. The Kier molecular flexibility index (Phi) is 3.31. The summed E-state index contributed by atoms with van der Waals surface area (Å²) in [5.74, 6) is -5.22. The second-order valence-electron chi connectivity index (χ2n) is 4.53. The highest BCUT2D eigenvalue weighted by molar-refractivity contribution is 6.06. The molecule has 0 spiro atoms. The van der Waals surface area contributed by atoms with Crippen molar-refractivity contribution < 1.29 is 27.2 Å². The van der Waals surface area contributed by atoms with Gasteiger partial charge in [-0.25, -0.2) is 8.78 Å². The molecule has 1 unspecified atom stereocenters. The summed E-state index contributed by atoms with van der Waals surface area (Å²) in [6, 6.07) is -1.24. The molecule has 8 heteroatoms. The summed E-state index contributed by atoms with van der Waals surface area (Å²) < 4.78 is 49.2. The molecule has 0 aromatic rings. The Morgan fingerprint density at radius 3 is 2.44 bits per heavy atom. The molecular weight excluding hydrogens is 256 g/mol. The van der Waals surface area contributed by atoms with E-state index in [9.17, 15) is 27.2 Å². The Bertz CT molecular complexity index is 371. The molecule has 1 heterocycles. The van der Waals surface area contributed by atoms with E-state index < -0.39 is 36.7 Å². The van der Waals surface area contributed by atoms with Crippen LogP contribution in [0.25, 0.3) is 0 Å². The fraction of sp³-hybridized carbons (Fsp3) is 0.800. The monoisotopic (exact) mass is 268 g/mol. The van der Waals surface area contributed by atoms with E-state index in [1.807, 2.05) is 0 Å². The van der Waals surface area contributed by atoms with Crippen molar-refractivity contribution in [3.63, 3.8) is 0 Å². The van der Waals surface area contributed by atoms with Gasteiger partial charge in [0, 0.05) is 6.04 Å². The number of imide groups is 1. The van der Waals surface area contributed by atoms with E-state index in [4.69, 9.17) is 0 Å². The second-order valence-corrected chi connectivity index (χ2v) is 4.53. The Morgan fingerprint density at radius 2 is 1.94 bits per heavy atom. The third kappa shape index (κ3) is 2.47. The van der Waals surface area contributed by atoms with Crippen LogP contribution in [0.15, 0.2) is 0 Å². The molecule has 2 aliphatic rings.